The standard InChI is InChI=1S/C19H23ClN2O4/c20-16-6-4-15(5-7-16)18-13-22(9-12-26-18)19(23)21-8-2-10-24-14-17-3-1-11-25-17/h1,3-7,11,18H,2,8-10,12-14H2,(H,21,23). The largest absolute Gasteiger partial charge is 0.467 e. The smallest absolute Gasteiger partial charge is 0.317 e. The summed E-state index contributed by atoms with van der Waals surface area (Å²) < 4.78 is 16.5. The molecule has 0 radical (unpaired) electrons. The molecular formula is C19H23ClN2O4. The van der Waals surface area contributed by atoms with Crippen molar-refractivity contribution in [3.8, 4) is 0 Å². The van der Waals surface area contributed by atoms with Gasteiger partial charge in [-0.25, -0.2) is 4.79 Å². The van der Waals surface area contributed by atoms with Gasteiger partial charge in [-0.05, 0) is 36.2 Å². The van der Waals surface area contributed by atoms with Crippen LogP contribution >= 0.6 is 11.6 Å². The van der Waals surface area contributed by atoms with Gasteiger partial charge in [-0.3, -0.25) is 0 Å². The van der Waals surface area contributed by atoms with Crippen LogP contribution in [0.1, 0.15) is 23.8 Å². The summed E-state index contributed by atoms with van der Waals surface area (Å²) in [6.07, 6.45) is 2.25. The fourth-order valence-corrected chi connectivity index (χ4v) is 2.89. The number of urea groups is 1. The average Bonchev–Trinajstić information content (AvgIpc) is 3.18. The molecule has 6 nitrogen and oxygen atoms in total. The highest BCUT2D eigenvalue weighted by atomic mass is 35.5. The maximum Gasteiger partial charge on any atom is 0.317 e. The highest BCUT2D eigenvalue weighted by Crippen LogP contribution is 2.23. The first-order chi connectivity index (χ1) is 12.7. The number of benzene rings is 1. The number of amides is 2. The van der Waals surface area contributed by atoms with Gasteiger partial charge < -0.3 is 24.1 Å². The van der Waals surface area contributed by atoms with Gasteiger partial charge in [-0.2, -0.15) is 0 Å². The third-order valence-corrected chi connectivity index (χ3v) is 4.41. The molecule has 2 heterocycles. The van der Waals surface area contributed by atoms with Gasteiger partial charge in [-0.15, -0.1) is 0 Å². The highest BCUT2D eigenvalue weighted by molar-refractivity contribution is 6.30. The zero-order chi connectivity index (χ0) is 18.2. The van der Waals surface area contributed by atoms with Crippen molar-refractivity contribution in [3.63, 3.8) is 0 Å². The van der Waals surface area contributed by atoms with Crippen molar-refractivity contribution in [2.24, 2.45) is 0 Å². The summed E-state index contributed by atoms with van der Waals surface area (Å²) in [5.74, 6) is 0.801. The van der Waals surface area contributed by atoms with E-state index >= 15 is 0 Å². The van der Waals surface area contributed by atoms with Crippen LogP contribution in [0.3, 0.4) is 0 Å². The second-order valence-electron chi connectivity index (χ2n) is 6.07. The third-order valence-electron chi connectivity index (χ3n) is 4.16. The van der Waals surface area contributed by atoms with E-state index in [9.17, 15) is 4.79 Å². The van der Waals surface area contributed by atoms with Crippen LogP contribution < -0.4 is 5.32 Å². The number of ether oxygens (including phenoxy) is 2. The van der Waals surface area contributed by atoms with Crippen molar-refractivity contribution in [2.45, 2.75) is 19.1 Å². The van der Waals surface area contributed by atoms with E-state index in [-0.39, 0.29) is 12.1 Å². The third kappa shape index (κ3) is 5.49. The van der Waals surface area contributed by atoms with Crippen molar-refractivity contribution in [2.75, 3.05) is 32.8 Å². The van der Waals surface area contributed by atoms with Crippen molar-refractivity contribution in [1.82, 2.24) is 10.2 Å². The summed E-state index contributed by atoms with van der Waals surface area (Å²) in [7, 11) is 0. The minimum absolute atomic E-state index is 0.0710. The Balaban J connectivity index is 1.35. The molecule has 140 valence electrons. The Bertz CT molecular complexity index is 675. The van der Waals surface area contributed by atoms with Crippen molar-refractivity contribution < 1.29 is 18.7 Å². The van der Waals surface area contributed by atoms with Gasteiger partial charge in [0.05, 0.1) is 19.4 Å². The molecule has 0 saturated carbocycles. The monoisotopic (exact) mass is 378 g/mol. The molecule has 26 heavy (non-hydrogen) atoms. The van der Waals surface area contributed by atoms with Crippen molar-refractivity contribution in [3.05, 3.63) is 59.0 Å². The predicted octanol–water partition coefficient (Wildman–Crippen LogP) is 3.62. The molecule has 1 unspecified atom stereocenters. The SMILES string of the molecule is O=C(NCCCOCc1ccco1)N1CCOC(c2ccc(Cl)cc2)C1. The first-order valence-corrected chi connectivity index (χ1v) is 9.10. The second-order valence-corrected chi connectivity index (χ2v) is 6.51. The number of rotatable bonds is 7. The quantitative estimate of drug-likeness (QED) is 0.747. The van der Waals surface area contributed by atoms with Crippen molar-refractivity contribution >= 4 is 17.6 Å². The molecule has 1 aromatic heterocycles. The number of furan rings is 1. The first-order valence-electron chi connectivity index (χ1n) is 8.72. The first kappa shape index (κ1) is 18.8. The van der Waals surface area contributed by atoms with E-state index in [1.807, 2.05) is 36.4 Å². The maximum atomic E-state index is 12.3. The lowest BCUT2D eigenvalue weighted by Crippen LogP contribution is -2.47. The van der Waals surface area contributed by atoms with Gasteiger partial charge in [0, 0.05) is 24.7 Å². The molecule has 1 aliphatic rings. The number of nitrogens with one attached hydrogen (secondary N) is 1. The van der Waals surface area contributed by atoms with E-state index in [1.54, 1.807) is 11.2 Å². The molecule has 1 aliphatic heterocycles. The Hall–Kier alpha value is -2.02. The van der Waals surface area contributed by atoms with Crippen molar-refractivity contribution in [1.29, 1.82) is 0 Å². The van der Waals surface area contributed by atoms with Crippen LogP contribution in [-0.4, -0.2) is 43.8 Å². The molecule has 1 aromatic carbocycles. The molecule has 1 N–H and O–H groups in total. The van der Waals surface area contributed by atoms with Gasteiger partial charge in [0.25, 0.3) is 0 Å². The second kappa shape index (κ2) is 9.62. The molecule has 0 spiro atoms. The molecule has 1 fully saturated rings. The van der Waals surface area contributed by atoms with Crippen LogP contribution in [0.5, 0.6) is 0 Å². The molecular weight excluding hydrogens is 356 g/mol. The van der Waals surface area contributed by atoms with E-state index < -0.39 is 0 Å². The summed E-state index contributed by atoms with van der Waals surface area (Å²) in [5, 5.41) is 3.62. The number of hydrogen-bond donors (Lipinski definition) is 1. The lowest BCUT2D eigenvalue weighted by Gasteiger charge is -2.33. The van der Waals surface area contributed by atoms with Gasteiger partial charge in [0.15, 0.2) is 0 Å². The number of carbonyl (C=O) groups excluding carboxylic acids is 1. The molecule has 0 bridgehead atoms. The fraction of sp³-hybridized carbons (Fsp3) is 0.421. The zero-order valence-corrected chi connectivity index (χ0v) is 15.3. The molecule has 2 amide bonds. The Kier molecular flexibility index (Phi) is 6.94. The van der Waals surface area contributed by atoms with E-state index in [4.69, 9.17) is 25.5 Å². The minimum Gasteiger partial charge on any atom is -0.467 e. The lowest BCUT2D eigenvalue weighted by atomic mass is 10.1. The zero-order valence-electron chi connectivity index (χ0n) is 14.5. The summed E-state index contributed by atoms with van der Waals surface area (Å²) in [6.45, 7) is 3.23. The van der Waals surface area contributed by atoms with E-state index in [1.165, 1.54) is 0 Å². The lowest BCUT2D eigenvalue weighted by molar-refractivity contribution is -0.0154. The number of morpholine rings is 1. The highest BCUT2D eigenvalue weighted by Gasteiger charge is 2.25. The average molecular weight is 379 g/mol. The summed E-state index contributed by atoms with van der Waals surface area (Å²) in [6, 6.07) is 11.2. The Morgan fingerprint density at radius 1 is 1.31 bits per heavy atom. The van der Waals surface area contributed by atoms with E-state index in [0.29, 0.717) is 44.5 Å². The predicted molar refractivity (Wildman–Crippen MR) is 98.1 cm³/mol. The molecule has 1 saturated heterocycles. The molecule has 7 heteroatoms. The summed E-state index contributed by atoms with van der Waals surface area (Å²) in [5.41, 5.74) is 1.03. The van der Waals surface area contributed by atoms with Gasteiger partial charge in [0.1, 0.15) is 18.5 Å². The Morgan fingerprint density at radius 2 is 2.15 bits per heavy atom. The summed E-state index contributed by atoms with van der Waals surface area (Å²) >= 11 is 5.92. The van der Waals surface area contributed by atoms with Gasteiger partial charge >= 0.3 is 6.03 Å². The van der Waals surface area contributed by atoms with E-state index in [2.05, 4.69) is 5.32 Å². The Labute approximate surface area is 158 Å². The van der Waals surface area contributed by atoms with Crippen LogP contribution in [0.15, 0.2) is 47.1 Å². The number of hydrogen-bond acceptors (Lipinski definition) is 4. The number of carbonyl (C=O) groups is 1. The van der Waals surface area contributed by atoms with Crippen LogP contribution in [-0.2, 0) is 16.1 Å². The molecule has 0 aliphatic carbocycles. The molecule has 1 atom stereocenters. The van der Waals surface area contributed by atoms with Crippen LogP contribution in [0.25, 0.3) is 0 Å². The van der Waals surface area contributed by atoms with Crippen LogP contribution in [0.4, 0.5) is 4.79 Å². The normalized spacial score (nSPS) is 17.3. The van der Waals surface area contributed by atoms with Crippen LogP contribution in [0, 0.1) is 0 Å². The summed E-state index contributed by atoms with van der Waals surface area (Å²) in [4.78, 5) is 14.1. The topological polar surface area (TPSA) is 63.9 Å². The molecule has 3 rings (SSSR count). The number of nitrogens with zero attached hydrogens (tertiary/aromatic N) is 1. The maximum absolute atomic E-state index is 12.3. The van der Waals surface area contributed by atoms with E-state index in [0.717, 1.165) is 17.7 Å². The Morgan fingerprint density at radius 3 is 2.92 bits per heavy atom. The molecule has 2 aromatic rings. The number of halogens is 1. The minimum atomic E-state index is -0.122. The fourth-order valence-electron chi connectivity index (χ4n) is 2.76. The van der Waals surface area contributed by atoms with Gasteiger partial charge in [0.2, 0.25) is 0 Å². The van der Waals surface area contributed by atoms with Gasteiger partial charge in [-0.1, -0.05) is 23.7 Å². The van der Waals surface area contributed by atoms with Crippen LogP contribution in [0.2, 0.25) is 5.02 Å².